The highest BCUT2D eigenvalue weighted by Gasteiger charge is 2.11. The Kier molecular flexibility index (Phi) is 5.82. The molecule has 0 N–H and O–H groups in total. The van der Waals surface area contributed by atoms with Crippen LogP contribution in [0, 0.1) is 0 Å². The van der Waals surface area contributed by atoms with Gasteiger partial charge in [0.25, 0.3) is 0 Å². The predicted octanol–water partition coefficient (Wildman–Crippen LogP) is 4.32. The topological polar surface area (TPSA) is 12.5 Å². The standard InChI is InChI=1S/C19H25NO/c1-16(18-12-7-13-19(15-18)21-3)20(2)14-8-11-17-9-5-4-6-10-17/h4-7,9-10,12-13,15-16H,8,11,14H2,1-3H3. The molecule has 0 aliphatic carbocycles. The van der Waals surface area contributed by atoms with E-state index >= 15 is 0 Å². The van der Waals surface area contributed by atoms with E-state index in [2.05, 4.69) is 67.4 Å². The second-order valence-electron chi connectivity index (χ2n) is 5.52. The highest BCUT2D eigenvalue weighted by Crippen LogP contribution is 2.23. The first-order chi connectivity index (χ1) is 10.2. The van der Waals surface area contributed by atoms with Gasteiger partial charge in [-0.25, -0.2) is 0 Å². The molecule has 21 heavy (non-hydrogen) atoms. The summed E-state index contributed by atoms with van der Waals surface area (Å²) >= 11 is 0. The molecule has 2 rings (SSSR count). The van der Waals surface area contributed by atoms with Gasteiger partial charge >= 0.3 is 0 Å². The second-order valence-corrected chi connectivity index (χ2v) is 5.52. The van der Waals surface area contributed by atoms with Crippen LogP contribution in [-0.4, -0.2) is 25.6 Å². The molecule has 0 saturated carbocycles. The first-order valence-corrected chi connectivity index (χ1v) is 7.59. The van der Waals surface area contributed by atoms with Gasteiger partial charge in [0, 0.05) is 6.04 Å². The number of aryl methyl sites for hydroxylation is 1. The van der Waals surface area contributed by atoms with Crippen LogP contribution in [0.4, 0.5) is 0 Å². The molecule has 0 saturated heterocycles. The summed E-state index contributed by atoms with van der Waals surface area (Å²) < 4.78 is 5.31. The van der Waals surface area contributed by atoms with Gasteiger partial charge in [0.1, 0.15) is 5.75 Å². The van der Waals surface area contributed by atoms with Crippen molar-refractivity contribution >= 4 is 0 Å². The Labute approximate surface area is 128 Å². The summed E-state index contributed by atoms with van der Waals surface area (Å²) in [6.45, 7) is 3.34. The molecule has 0 spiro atoms. The Morgan fingerprint density at radius 1 is 1.05 bits per heavy atom. The number of ether oxygens (including phenoxy) is 1. The fourth-order valence-electron chi connectivity index (χ4n) is 2.53. The van der Waals surface area contributed by atoms with Crippen LogP contribution in [0.2, 0.25) is 0 Å². The largest absolute Gasteiger partial charge is 0.497 e. The van der Waals surface area contributed by atoms with E-state index in [1.54, 1.807) is 7.11 Å². The van der Waals surface area contributed by atoms with E-state index in [9.17, 15) is 0 Å². The average molecular weight is 283 g/mol. The smallest absolute Gasteiger partial charge is 0.119 e. The molecule has 0 aliphatic heterocycles. The molecular formula is C19H25NO. The summed E-state index contributed by atoms with van der Waals surface area (Å²) in [5.74, 6) is 0.928. The van der Waals surface area contributed by atoms with Crippen molar-refractivity contribution in [1.82, 2.24) is 4.90 Å². The van der Waals surface area contributed by atoms with E-state index in [1.165, 1.54) is 17.5 Å². The molecule has 2 nitrogen and oxygen atoms in total. The van der Waals surface area contributed by atoms with Crippen LogP contribution in [0.25, 0.3) is 0 Å². The molecule has 0 heterocycles. The van der Waals surface area contributed by atoms with Crippen LogP contribution in [0.1, 0.15) is 30.5 Å². The third-order valence-electron chi connectivity index (χ3n) is 4.06. The van der Waals surface area contributed by atoms with Gasteiger partial charge in [0.05, 0.1) is 7.11 Å². The molecule has 2 aromatic rings. The van der Waals surface area contributed by atoms with Crippen LogP contribution >= 0.6 is 0 Å². The molecule has 0 aromatic heterocycles. The van der Waals surface area contributed by atoms with Crippen molar-refractivity contribution in [3.05, 3.63) is 65.7 Å². The Hall–Kier alpha value is -1.80. The minimum Gasteiger partial charge on any atom is -0.497 e. The highest BCUT2D eigenvalue weighted by atomic mass is 16.5. The molecular weight excluding hydrogens is 258 g/mol. The molecule has 1 unspecified atom stereocenters. The van der Waals surface area contributed by atoms with E-state index in [0.29, 0.717) is 6.04 Å². The lowest BCUT2D eigenvalue weighted by Crippen LogP contribution is -2.24. The zero-order valence-corrected chi connectivity index (χ0v) is 13.3. The summed E-state index contributed by atoms with van der Waals surface area (Å²) in [4.78, 5) is 2.40. The van der Waals surface area contributed by atoms with Gasteiger partial charge in [0.15, 0.2) is 0 Å². The van der Waals surface area contributed by atoms with Gasteiger partial charge in [-0.1, -0.05) is 42.5 Å². The Balaban J connectivity index is 1.86. The van der Waals surface area contributed by atoms with Crippen molar-refractivity contribution in [2.24, 2.45) is 0 Å². The van der Waals surface area contributed by atoms with E-state index in [4.69, 9.17) is 4.74 Å². The average Bonchev–Trinajstić information content (AvgIpc) is 2.55. The first kappa shape index (κ1) is 15.6. The van der Waals surface area contributed by atoms with Crippen LogP contribution in [0.3, 0.4) is 0 Å². The Morgan fingerprint density at radius 2 is 1.81 bits per heavy atom. The highest BCUT2D eigenvalue weighted by molar-refractivity contribution is 5.30. The maximum absolute atomic E-state index is 5.31. The van der Waals surface area contributed by atoms with Crippen molar-refractivity contribution in [1.29, 1.82) is 0 Å². The van der Waals surface area contributed by atoms with Crippen molar-refractivity contribution in [3.63, 3.8) is 0 Å². The Morgan fingerprint density at radius 3 is 2.52 bits per heavy atom. The third-order valence-corrected chi connectivity index (χ3v) is 4.06. The fraction of sp³-hybridized carbons (Fsp3) is 0.368. The molecule has 1 atom stereocenters. The SMILES string of the molecule is COc1cccc(C(C)N(C)CCCc2ccccc2)c1. The normalized spacial score (nSPS) is 12.4. The van der Waals surface area contributed by atoms with Crippen LogP contribution in [-0.2, 0) is 6.42 Å². The molecule has 0 aliphatic rings. The molecule has 0 fully saturated rings. The maximum atomic E-state index is 5.31. The third kappa shape index (κ3) is 4.61. The van der Waals surface area contributed by atoms with Gasteiger partial charge in [-0.2, -0.15) is 0 Å². The zero-order valence-electron chi connectivity index (χ0n) is 13.3. The summed E-state index contributed by atoms with van der Waals surface area (Å²) in [5, 5.41) is 0. The van der Waals surface area contributed by atoms with Crippen LogP contribution in [0.5, 0.6) is 5.75 Å². The number of hydrogen-bond acceptors (Lipinski definition) is 2. The molecule has 2 heteroatoms. The zero-order chi connectivity index (χ0) is 15.1. The second kappa shape index (κ2) is 7.84. The van der Waals surface area contributed by atoms with Crippen molar-refractivity contribution in [2.75, 3.05) is 20.7 Å². The van der Waals surface area contributed by atoms with Crippen molar-refractivity contribution in [3.8, 4) is 5.75 Å². The number of rotatable bonds is 7. The summed E-state index contributed by atoms with van der Waals surface area (Å²) in [6, 6.07) is 19.4. The van der Waals surface area contributed by atoms with Crippen LogP contribution in [0.15, 0.2) is 54.6 Å². The van der Waals surface area contributed by atoms with Gasteiger partial charge < -0.3 is 4.74 Å². The minimum atomic E-state index is 0.399. The minimum absolute atomic E-state index is 0.399. The lowest BCUT2D eigenvalue weighted by Gasteiger charge is -2.25. The molecule has 112 valence electrons. The van der Waals surface area contributed by atoms with Gasteiger partial charge in [0.2, 0.25) is 0 Å². The van der Waals surface area contributed by atoms with Gasteiger partial charge in [-0.15, -0.1) is 0 Å². The molecule has 0 amide bonds. The Bertz CT molecular complexity index is 538. The number of methoxy groups -OCH3 is 1. The van der Waals surface area contributed by atoms with E-state index in [-0.39, 0.29) is 0 Å². The van der Waals surface area contributed by atoms with Crippen molar-refractivity contribution in [2.45, 2.75) is 25.8 Å². The molecule has 0 radical (unpaired) electrons. The van der Waals surface area contributed by atoms with Gasteiger partial charge in [-0.05, 0) is 56.6 Å². The molecule has 2 aromatic carbocycles. The monoisotopic (exact) mass is 283 g/mol. The van der Waals surface area contributed by atoms with E-state index in [0.717, 1.165) is 18.7 Å². The summed E-state index contributed by atoms with van der Waals surface area (Å²) in [7, 11) is 3.91. The van der Waals surface area contributed by atoms with E-state index < -0.39 is 0 Å². The lowest BCUT2D eigenvalue weighted by molar-refractivity contribution is 0.258. The number of hydrogen-bond donors (Lipinski definition) is 0. The lowest BCUT2D eigenvalue weighted by atomic mass is 10.1. The quantitative estimate of drug-likeness (QED) is 0.750. The molecule has 0 bridgehead atoms. The predicted molar refractivity (Wildman–Crippen MR) is 88.8 cm³/mol. The number of benzene rings is 2. The van der Waals surface area contributed by atoms with Crippen LogP contribution < -0.4 is 4.74 Å². The maximum Gasteiger partial charge on any atom is 0.119 e. The van der Waals surface area contributed by atoms with Gasteiger partial charge in [-0.3, -0.25) is 4.90 Å². The number of nitrogens with zero attached hydrogens (tertiary/aromatic N) is 1. The summed E-state index contributed by atoms with van der Waals surface area (Å²) in [5.41, 5.74) is 2.72. The van der Waals surface area contributed by atoms with E-state index in [1.807, 2.05) is 6.07 Å². The fourth-order valence-corrected chi connectivity index (χ4v) is 2.53. The first-order valence-electron chi connectivity index (χ1n) is 7.59. The summed E-state index contributed by atoms with van der Waals surface area (Å²) in [6.07, 6.45) is 2.31. The van der Waals surface area contributed by atoms with Crippen molar-refractivity contribution < 1.29 is 4.74 Å².